The van der Waals surface area contributed by atoms with Crippen LogP contribution >= 0.6 is 23.2 Å². The van der Waals surface area contributed by atoms with Gasteiger partial charge in [-0.05, 0) is 53.8 Å². The zero-order chi connectivity index (χ0) is 22.4. The molecule has 3 aromatic carbocycles. The van der Waals surface area contributed by atoms with Gasteiger partial charge in [-0.2, -0.15) is 0 Å². The van der Waals surface area contributed by atoms with Gasteiger partial charge in [-0.3, -0.25) is 0 Å². The van der Waals surface area contributed by atoms with E-state index in [1.165, 1.54) is 36.0 Å². The van der Waals surface area contributed by atoms with Gasteiger partial charge >= 0.3 is 0 Å². The molecule has 1 saturated carbocycles. The highest BCUT2D eigenvalue weighted by Gasteiger charge is 2.46. The molecule has 33 heavy (non-hydrogen) atoms. The van der Waals surface area contributed by atoms with Crippen molar-refractivity contribution in [2.75, 3.05) is 0 Å². The molecule has 0 saturated heterocycles. The van der Waals surface area contributed by atoms with E-state index in [4.69, 9.17) is 28.2 Å². The second kappa shape index (κ2) is 8.55. The SMILES string of the molecule is Clc1ccc(C2=C(c3ccccc3)C(c3ccc(Cl)cc3)N3C(=N[C@H]4CCCC[C@@H]43)N2)cc1. The fraction of sp³-hybridized carbons (Fsp3) is 0.250. The first-order valence-corrected chi connectivity index (χ1v) is 12.4. The predicted molar refractivity (Wildman–Crippen MR) is 137 cm³/mol. The monoisotopic (exact) mass is 473 g/mol. The Kier molecular flexibility index (Phi) is 5.40. The third-order valence-corrected chi connectivity index (χ3v) is 7.55. The summed E-state index contributed by atoms with van der Waals surface area (Å²) in [6, 6.07) is 27.9. The van der Waals surface area contributed by atoms with Crippen molar-refractivity contribution in [3.63, 3.8) is 0 Å². The summed E-state index contributed by atoms with van der Waals surface area (Å²) in [4.78, 5) is 7.73. The quantitative estimate of drug-likeness (QED) is 0.435. The van der Waals surface area contributed by atoms with E-state index in [-0.39, 0.29) is 6.04 Å². The number of aliphatic imine (C=N–C) groups is 1. The Bertz CT molecular complexity index is 1220. The van der Waals surface area contributed by atoms with Gasteiger partial charge in [0.15, 0.2) is 5.96 Å². The zero-order valence-corrected chi connectivity index (χ0v) is 19.7. The van der Waals surface area contributed by atoms with Crippen LogP contribution in [0.3, 0.4) is 0 Å². The lowest BCUT2D eigenvalue weighted by molar-refractivity contribution is 0.217. The van der Waals surface area contributed by atoms with Crippen molar-refractivity contribution in [2.45, 2.75) is 43.8 Å². The highest BCUT2D eigenvalue weighted by Crippen LogP contribution is 2.47. The van der Waals surface area contributed by atoms with Crippen molar-refractivity contribution >= 4 is 40.4 Å². The van der Waals surface area contributed by atoms with Gasteiger partial charge in [0, 0.05) is 15.6 Å². The minimum Gasteiger partial charge on any atom is -0.326 e. The van der Waals surface area contributed by atoms with Gasteiger partial charge in [0.05, 0.1) is 23.8 Å². The Morgan fingerprint density at radius 1 is 0.758 bits per heavy atom. The normalized spacial score (nSPS) is 24.1. The smallest absolute Gasteiger partial charge is 0.199 e. The Hall–Kier alpha value is -2.75. The lowest BCUT2D eigenvalue weighted by Crippen LogP contribution is -2.50. The van der Waals surface area contributed by atoms with E-state index in [1.807, 2.05) is 24.3 Å². The number of halogens is 2. The van der Waals surface area contributed by atoms with Crippen LogP contribution in [0.5, 0.6) is 0 Å². The molecule has 1 aliphatic carbocycles. The first kappa shape index (κ1) is 20.8. The predicted octanol–water partition coefficient (Wildman–Crippen LogP) is 7.19. The molecular weight excluding hydrogens is 449 g/mol. The van der Waals surface area contributed by atoms with Crippen LogP contribution in [-0.2, 0) is 0 Å². The Morgan fingerprint density at radius 3 is 2.15 bits per heavy atom. The summed E-state index contributed by atoms with van der Waals surface area (Å²) in [5, 5.41) is 5.24. The van der Waals surface area contributed by atoms with Crippen LogP contribution in [0.2, 0.25) is 10.0 Å². The van der Waals surface area contributed by atoms with Crippen LogP contribution in [-0.4, -0.2) is 22.9 Å². The molecule has 5 heteroatoms. The van der Waals surface area contributed by atoms with Crippen LogP contribution in [0.25, 0.3) is 11.3 Å². The molecule has 2 aliphatic heterocycles. The van der Waals surface area contributed by atoms with Crippen LogP contribution in [0.4, 0.5) is 0 Å². The van der Waals surface area contributed by atoms with Crippen molar-refractivity contribution in [1.29, 1.82) is 0 Å². The minimum atomic E-state index is 0.0449. The molecule has 3 aliphatic rings. The Labute approximate surface area is 204 Å². The first-order valence-electron chi connectivity index (χ1n) is 11.6. The van der Waals surface area contributed by atoms with Crippen molar-refractivity contribution in [3.05, 3.63) is 106 Å². The van der Waals surface area contributed by atoms with E-state index >= 15 is 0 Å². The molecule has 166 valence electrons. The highest BCUT2D eigenvalue weighted by atomic mass is 35.5. The standard InChI is InChI=1S/C28H25Cl2N3/c29-21-14-10-19(11-15-21)26-25(18-6-2-1-3-7-18)27(20-12-16-22(30)17-13-20)33-24-9-5-4-8-23(24)31-28(33)32-26/h1-3,6-7,10-17,23-24,27H,4-5,8-9H2,(H,31,32)/t23-,24-,27?/m0/s1. The summed E-state index contributed by atoms with van der Waals surface area (Å²) < 4.78 is 0. The second-order valence-corrected chi connectivity index (χ2v) is 9.89. The van der Waals surface area contributed by atoms with Gasteiger partial charge in [-0.25, -0.2) is 4.99 Å². The Morgan fingerprint density at radius 2 is 1.42 bits per heavy atom. The van der Waals surface area contributed by atoms with Gasteiger partial charge in [0.1, 0.15) is 0 Å². The Balaban J connectivity index is 1.60. The summed E-state index contributed by atoms with van der Waals surface area (Å²) in [5.74, 6) is 0.983. The topological polar surface area (TPSA) is 27.6 Å². The number of benzene rings is 3. The summed E-state index contributed by atoms with van der Waals surface area (Å²) >= 11 is 12.5. The lowest BCUT2D eigenvalue weighted by Gasteiger charge is -2.44. The second-order valence-electron chi connectivity index (χ2n) is 9.02. The molecule has 3 aromatic rings. The minimum absolute atomic E-state index is 0.0449. The largest absolute Gasteiger partial charge is 0.326 e. The van der Waals surface area contributed by atoms with E-state index in [1.54, 1.807) is 0 Å². The van der Waals surface area contributed by atoms with Crippen LogP contribution in [0, 0.1) is 0 Å². The third-order valence-electron chi connectivity index (χ3n) is 7.05. The van der Waals surface area contributed by atoms with Crippen molar-refractivity contribution in [2.24, 2.45) is 4.99 Å². The lowest BCUT2D eigenvalue weighted by atomic mass is 9.83. The molecule has 6 rings (SSSR count). The number of nitrogens with one attached hydrogen (secondary N) is 1. The molecule has 0 amide bonds. The van der Waals surface area contributed by atoms with E-state index in [0.717, 1.165) is 33.7 Å². The zero-order valence-electron chi connectivity index (χ0n) is 18.2. The molecule has 3 atom stereocenters. The summed E-state index contributed by atoms with van der Waals surface area (Å²) in [6.45, 7) is 0. The van der Waals surface area contributed by atoms with Crippen molar-refractivity contribution in [3.8, 4) is 0 Å². The maximum absolute atomic E-state index is 6.29. The number of guanidine groups is 1. The molecule has 1 unspecified atom stereocenters. The van der Waals surface area contributed by atoms with Gasteiger partial charge in [0.25, 0.3) is 0 Å². The number of nitrogens with zero attached hydrogens (tertiary/aromatic N) is 2. The number of hydrogen-bond donors (Lipinski definition) is 1. The average Bonchev–Trinajstić information content (AvgIpc) is 3.23. The fourth-order valence-corrected chi connectivity index (χ4v) is 5.80. The van der Waals surface area contributed by atoms with Gasteiger partial charge < -0.3 is 10.2 Å². The van der Waals surface area contributed by atoms with Gasteiger partial charge in [-0.15, -0.1) is 0 Å². The van der Waals surface area contributed by atoms with Crippen LogP contribution in [0.1, 0.15) is 48.4 Å². The molecule has 2 heterocycles. The van der Waals surface area contributed by atoms with Crippen LogP contribution in [0.15, 0.2) is 83.9 Å². The van der Waals surface area contributed by atoms with E-state index < -0.39 is 0 Å². The molecule has 3 nitrogen and oxygen atoms in total. The summed E-state index contributed by atoms with van der Waals surface area (Å²) in [7, 11) is 0. The molecule has 0 bridgehead atoms. The maximum Gasteiger partial charge on any atom is 0.199 e. The molecule has 0 spiro atoms. The van der Waals surface area contributed by atoms with Crippen molar-refractivity contribution < 1.29 is 0 Å². The number of fused-ring (bicyclic) bond motifs is 3. The first-order chi connectivity index (χ1) is 16.2. The molecule has 0 aromatic heterocycles. The molecule has 1 N–H and O–H groups in total. The number of rotatable bonds is 3. The van der Waals surface area contributed by atoms with Crippen LogP contribution < -0.4 is 5.32 Å². The average molecular weight is 474 g/mol. The van der Waals surface area contributed by atoms with Gasteiger partial charge in [0.2, 0.25) is 0 Å². The van der Waals surface area contributed by atoms with E-state index in [2.05, 4.69) is 64.8 Å². The summed E-state index contributed by atoms with van der Waals surface area (Å²) in [5.41, 5.74) is 5.88. The van der Waals surface area contributed by atoms with Gasteiger partial charge in [-0.1, -0.05) is 90.6 Å². The number of hydrogen-bond acceptors (Lipinski definition) is 3. The summed E-state index contributed by atoms with van der Waals surface area (Å²) in [6.07, 6.45) is 4.82. The fourth-order valence-electron chi connectivity index (χ4n) is 5.55. The molecule has 0 radical (unpaired) electrons. The maximum atomic E-state index is 6.29. The highest BCUT2D eigenvalue weighted by molar-refractivity contribution is 6.30. The molecular formula is C28H25Cl2N3. The van der Waals surface area contributed by atoms with Crippen molar-refractivity contribution in [1.82, 2.24) is 10.2 Å². The third kappa shape index (κ3) is 3.74. The van der Waals surface area contributed by atoms with E-state index in [9.17, 15) is 0 Å². The van der Waals surface area contributed by atoms with E-state index in [0.29, 0.717) is 12.1 Å². The molecule has 1 fully saturated rings.